The molecular formula is C19H16N4O2S. The van der Waals surface area contributed by atoms with Crippen molar-refractivity contribution in [3.05, 3.63) is 54.4 Å². The quantitative estimate of drug-likeness (QED) is 0.571. The molecule has 3 aromatic rings. The molecule has 0 aliphatic carbocycles. The van der Waals surface area contributed by atoms with E-state index in [0.29, 0.717) is 11.5 Å². The molecule has 1 aromatic heterocycles. The van der Waals surface area contributed by atoms with Crippen LogP contribution in [0, 0.1) is 6.92 Å². The van der Waals surface area contributed by atoms with Crippen LogP contribution in [0.2, 0.25) is 0 Å². The highest BCUT2D eigenvalue weighted by Gasteiger charge is 2.26. The van der Waals surface area contributed by atoms with E-state index in [4.69, 9.17) is 0 Å². The molecule has 6 nitrogen and oxygen atoms in total. The lowest BCUT2D eigenvalue weighted by molar-refractivity contribution is -0.120. The normalized spacial score (nSPS) is 13.4. The Balaban J connectivity index is 1.58. The molecule has 1 N–H and O–H groups in total. The molecule has 2 aromatic carbocycles. The van der Waals surface area contributed by atoms with Crippen LogP contribution in [-0.4, -0.2) is 34.1 Å². The molecule has 0 atom stereocenters. The molecule has 130 valence electrons. The molecule has 2 amide bonds. The molecule has 1 aliphatic heterocycles. The van der Waals surface area contributed by atoms with Gasteiger partial charge in [-0.1, -0.05) is 42.1 Å². The number of rotatable bonds is 3. The summed E-state index contributed by atoms with van der Waals surface area (Å²) in [5, 5.41) is 4.49. The highest BCUT2D eigenvalue weighted by Crippen LogP contribution is 2.31. The number of thioether (sulfide) groups is 1. The lowest BCUT2D eigenvalue weighted by Gasteiger charge is -2.29. The molecule has 4 rings (SSSR count). The number of hydrogen-bond donors (Lipinski definition) is 1. The number of anilines is 2. The number of aryl methyl sites for hydroxylation is 1. The van der Waals surface area contributed by atoms with Gasteiger partial charge in [0.1, 0.15) is 17.4 Å². The molecule has 0 saturated carbocycles. The number of carbonyl (C=O) groups is 2. The summed E-state index contributed by atoms with van der Waals surface area (Å²) in [6.45, 7) is 1.86. The van der Waals surface area contributed by atoms with E-state index in [9.17, 15) is 9.59 Å². The van der Waals surface area contributed by atoms with Gasteiger partial charge in [0, 0.05) is 5.39 Å². The van der Waals surface area contributed by atoms with Crippen molar-refractivity contribution in [2.75, 3.05) is 22.5 Å². The van der Waals surface area contributed by atoms with Crippen molar-refractivity contribution in [1.82, 2.24) is 9.97 Å². The molecule has 0 unspecified atom stereocenters. The summed E-state index contributed by atoms with van der Waals surface area (Å²) in [5.74, 6) is 0.548. The minimum absolute atomic E-state index is 0.0277. The number of fused-ring (bicyclic) bond motifs is 2. The van der Waals surface area contributed by atoms with E-state index in [2.05, 4.69) is 15.3 Å². The third kappa shape index (κ3) is 3.13. The van der Waals surface area contributed by atoms with E-state index in [-0.39, 0.29) is 24.1 Å². The van der Waals surface area contributed by atoms with Crippen molar-refractivity contribution in [2.45, 2.75) is 11.9 Å². The maximum absolute atomic E-state index is 12.8. The van der Waals surface area contributed by atoms with Gasteiger partial charge in [0.25, 0.3) is 0 Å². The predicted molar refractivity (Wildman–Crippen MR) is 102 cm³/mol. The van der Waals surface area contributed by atoms with Gasteiger partial charge < -0.3 is 10.2 Å². The average Bonchev–Trinajstić information content (AvgIpc) is 2.65. The van der Waals surface area contributed by atoms with Crippen LogP contribution in [0.4, 0.5) is 11.4 Å². The number of amides is 2. The molecule has 7 heteroatoms. The Labute approximate surface area is 154 Å². The topological polar surface area (TPSA) is 75.2 Å². The number of aromatic nitrogens is 2. The van der Waals surface area contributed by atoms with E-state index in [0.717, 1.165) is 21.6 Å². The molecule has 26 heavy (non-hydrogen) atoms. The first-order chi connectivity index (χ1) is 12.6. The lowest BCUT2D eigenvalue weighted by atomic mass is 10.2. The Kier molecular flexibility index (Phi) is 4.30. The Hall–Kier alpha value is -2.93. The summed E-state index contributed by atoms with van der Waals surface area (Å²) < 4.78 is 0. The van der Waals surface area contributed by atoms with Crippen molar-refractivity contribution < 1.29 is 9.59 Å². The zero-order valence-corrected chi connectivity index (χ0v) is 14.9. The van der Waals surface area contributed by atoms with Gasteiger partial charge in [-0.2, -0.15) is 0 Å². The smallest absolute Gasteiger partial charge is 0.244 e. The largest absolute Gasteiger partial charge is 0.323 e. The van der Waals surface area contributed by atoms with E-state index >= 15 is 0 Å². The molecule has 2 heterocycles. The molecule has 0 fully saturated rings. The van der Waals surface area contributed by atoms with Gasteiger partial charge in [0.2, 0.25) is 11.8 Å². The average molecular weight is 364 g/mol. The summed E-state index contributed by atoms with van der Waals surface area (Å²) >= 11 is 1.37. The van der Waals surface area contributed by atoms with Crippen molar-refractivity contribution in [3.8, 4) is 0 Å². The fraction of sp³-hybridized carbons (Fsp3) is 0.158. The standard InChI is InChI=1S/C19H16N4O2S/c1-12-20-14-7-3-2-6-13(14)19(21-12)26-11-18(25)23-10-17(24)22-15-8-4-5-9-16(15)23/h2-9H,10-11H2,1H3,(H,22,24). The number of nitrogens with one attached hydrogen (secondary N) is 1. The monoisotopic (exact) mass is 364 g/mol. The first-order valence-electron chi connectivity index (χ1n) is 8.17. The highest BCUT2D eigenvalue weighted by atomic mass is 32.2. The summed E-state index contributed by atoms with van der Waals surface area (Å²) in [5.41, 5.74) is 2.24. The van der Waals surface area contributed by atoms with Gasteiger partial charge in [0.15, 0.2) is 0 Å². The molecule has 0 saturated heterocycles. The minimum Gasteiger partial charge on any atom is -0.323 e. The number of benzene rings is 2. The van der Waals surface area contributed by atoms with E-state index in [1.807, 2.05) is 49.4 Å². The number of carbonyl (C=O) groups excluding carboxylic acids is 2. The fourth-order valence-electron chi connectivity index (χ4n) is 2.93. The predicted octanol–water partition coefficient (Wildman–Crippen LogP) is 3.02. The van der Waals surface area contributed by atoms with Gasteiger partial charge in [-0.3, -0.25) is 9.59 Å². The number of nitrogens with zero attached hydrogens (tertiary/aromatic N) is 3. The van der Waals surface area contributed by atoms with Crippen molar-refractivity contribution in [2.24, 2.45) is 0 Å². The summed E-state index contributed by atoms with van der Waals surface area (Å²) in [4.78, 5) is 35.1. The second-order valence-corrected chi connectivity index (χ2v) is 6.89. The van der Waals surface area contributed by atoms with E-state index in [1.165, 1.54) is 16.7 Å². The third-order valence-electron chi connectivity index (χ3n) is 4.08. The summed E-state index contributed by atoms with van der Waals surface area (Å²) in [6, 6.07) is 15.0. The van der Waals surface area contributed by atoms with E-state index in [1.54, 1.807) is 6.07 Å². The van der Waals surface area contributed by atoms with Crippen LogP contribution in [0.25, 0.3) is 10.9 Å². The van der Waals surface area contributed by atoms with Gasteiger partial charge in [-0.25, -0.2) is 9.97 Å². The first kappa shape index (κ1) is 16.5. The van der Waals surface area contributed by atoms with Crippen LogP contribution < -0.4 is 10.2 Å². The molecule has 0 bridgehead atoms. The Morgan fingerprint density at radius 2 is 1.92 bits per heavy atom. The lowest BCUT2D eigenvalue weighted by Crippen LogP contribution is -2.43. The minimum atomic E-state index is -0.189. The maximum Gasteiger partial charge on any atom is 0.244 e. The second kappa shape index (κ2) is 6.76. The third-order valence-corrected chi connectivity index (χ3v) is 5.06. The fourth-order valence-corrected chi connectivity index (χ4v) is 3.87. The highest BCUT2D eigenvalue weighted by molar-refractivity contribution is 8.00. The Morgan fingerprint density at radius 1 is 1.15 bits per heavy atom. The molecule has 1 aliphatic rings. The van der Waals surface area contributed by atoms with Gasteiger partial charge >= 0.3 is 0 Å². The zero-order valence-electron chi connectivity index (χ0n) is 14.1. The van der Waals surface area contributed by atoms with E-state index < -0.39 is 0 Å². The number of hydrogen-bond acceptors (Lipinski definition) is 5. The molecular weight excluding hydrogens is 348 g/mol. The van der Waals surface area contributed by atoms with Gasteiger partial charge in [-0.15, -0.1) is 0 Å². The second-order valence-electron chi connectivity index (χ2n) is 5.93. The maximum atomic E-state index is 12.8. The number of para-hydroxylation sites is 3. The Bertz CT molecular complexity index is 1020. The summed E-state index contributed by atoms with van der Waals surface area (Å²) in [6.07, 6.45) is 0. The summed E-state index contributed by atoms with van der Waals surface area (Å²) in [7, 11) is 0. The molecule has 0 spiro atoms. The SMILES string of the molecule is Cc1nc(SCC(=O)N2CC(=O)Nc3ccccc32)c2ccccc2n1. The van der Waals surface area contributed by atoms with Crippen molar-refractivity contribution in [3.63, 3.8) is 0 Å². The van der Waals surface area contributed by atoms with Crippen molar-refractivity contribution in [1.29, 1.82) is 0 Å². The van der Waals surface area contributed by atoms with Crippen LogP contribution >= 0.6 is 11.8 Å². The Morgan fingerprint density at radius 3 is 2.81 bits per heavy atom. The van der Waals surface area contributed by atoms with Crippen molar-refractivity contribution >= 4 is 45.9 Å². The van der Waals surface area contributed by atoms with Crippen LogP contribution in [0.5, 0.6) is 0 Å². The van der Waals surface area contributed by atoms with Crippen LogP contribution in [0.3, 0.4) is 0 Å². The van der Waals surface area contributed by atoms with Crippen LogP contribution in [0.15, 0.2) is 53.6 Å². The van der Waals surface area contributed by atoms with Crippen LogP contribution in [0.1, 0.15) is 5.82 Å². The molecule has 0 radical (unpaired) electrons. The first-order valence-corrected chi connectivity index (χ1v) is 9.16. The van der Waals surface area contributed by atoms with Crippen LogP contribution in [-0.2, 0) is 9.59 Å². The zero-order chi connectivity index (χ0) is 18.1. The van der Waals surface area contributed by atoms with Gasteiger partial charge in [-0.05, 0) is 25.1 Å². The van der Waals surface area contributed by atoms with Gasteiger partial charge in [0.05, 0.1) is 22.6 Å².